The maximum Gasteiger partial charge on any atom is 0.310 e. The molecule has 0 bridgehead atoms. The Labute approximate surface area is 121 Å². The first-order valence-electron chi connectivity index (χ1n) is 7.69. The van der Waals surface area contributed by atoms with Crippen molar-refractivity contribution in [3.05, 3.63) is 12.2 Å². The summed E-state index contributed by atoms with van der Waals surface area (Å²) in [4.78, 5) is 21.3. The van der Waals surface area contributed by atoms with Crippen LogP contribution in [0, 0.1) is 5.92 Å². The molecule has 0 rings (SSSR count). The number of aliphatic carboxylic acids is 2. The first kappa shape index (κ1) is 18.7. The van der Waals surface area contributed by atoms with Crippen molar-refractivity contribution in [3.8, 4) is 0 Å². The molecule has 0 aromatic carbocycles. The lowest BCUT2D eigenvalue weighted by Gasteiger charge is -2.03. The van der Waals surface area contributed by atoms with Gasteiger partial charge in [-0.2, -0.15) is 0 Å². The molecule has 0 heterocycles. The third-order valence-electron chi connectivity index (χ3n) is 3.30. The standard InChI is InChI=1S/C16H28O4/c1-2-3-4-5-6-7-8-9-10-11-12-14(16(19)20)13-15(17)18/h11-12,14H,2-10,13H2,1H3,(H,17,18)(H,19,20)/b12-11+/t14-/m0/s1. The second kappa shape index (κ2) is 12.7. The normalized spacial score (nSPS) is 12.7. The SMILES string of the molecule is CCCCCCCCCC/C=C/[C@@H](CC(=O)O)C(=O)O. The fraction of sp³-hybridized carbons (Fsp3) is 0.750. The molecule has 1 atom stereocenters. The highest BCUT2D eigenvalue weighted by Crippen LogP contribution is 2.11. The third-order valence-corrected chi connectivity index (χ3v) is 3.30. The Kier molecular flexibility index (Phi) is 11.9. The summed E-state index contributed by atoms with van der Waals surface area (Å²) in [6, 6.07) is 0. The van der Waals surface area contributed by atoms with Crippen LogP contribution in [0.1, 0.15) is 71.1 Å². The molecule has 0 unspecified atom stereocenters. The summed E-state index contributed by atoms with van der Waals surface area (Å²) in [5.74, 6) is -3.05. The molecule has 0 aromatic heterocycles. The largest absolute Gasteiger partial charge is 0.481 e. The highest BCUT2D eigenvalue weighted by molar-refractivity contribution is 5.79. The van der Waals surface area contributed by atoms with Crippen LogP contribution in [0.5, 0.6) is 0 Å². The Balaban J connectivity index is 3.58. The van der Waals surface area contributed by atoms with Crippen molar-refractivity contribution in [3.63, 3.8) is 0 Å². The van der Waals surface area contributed by atoms with E-state index < -0.39 is 17.9 Å². The summed E-state index contributed by atoms with van der Waals surface area (Å²) >= 11 is 0. The Morgan fingerprint density at radius 3 is 2.00 bits per heavy atom. The summed E-state index contributed by atoms with van der Waals surface area (Å²) in [6.07, 6.45) is 13.7. The monoisotopic (exact) mass is 284 g/mol. The van der Waals surface area contributed by atoms with Crippen LogP contribution in [-0.4, -0.2) is 22.2 Å². The molecule has 0 aliphatic carbocycles. The minimum Gasteiger partial charge on any atom is -0.481 e. The number of unbranched alkanes of at least 4 members (excludes halogenated alkanes) is 8. The van der Waals surface area contributed by atoms with Crippen LogP contribution in [0.3, 0.4) is 0 Å². The molecule has 0 fully saturated rings. The van der Waals surface area contributed by atoms with Crippen LogP contribution in [0.25, 0.3) is 0 Å². The van der Waals surface area contributed by atoms with Gasteiger partial charge in [-0.05, 0) is 12.8 Å². The summed E-state index contributed by atoms with van der Waals surface area (Å²) in [7, 11) is 0. The Hall–Kier alpha value is -1.32. The van der Waals surface area contributed by atoms with E-state index in [1.54, 1.807) is 6.08 Å². The number of carbonyl (C=O) groups is 2. The zero-order valence-electron chi connectivity index (χ0n) is 12.5. The quantitative estimate of drug-likeness (QED) is 0.391. The number of hydrogen-bond acceptors (Lipinski definition) is 2. The molecule has 0 saturated heterocycles. The molecule has 0 radical (unpaired) electrons. The van der Waals surface area contributed by atoms with Crippen molar-refractivity contribution in [1.29, 1.82) is 0 Å². The summed E-state index contributed by atoms with van der Waals surface area (Å²) in [5, 5.41) is 17.4. The smallest absolute Gasteiger partial charge is 0.310 e. The van der Waals surface area contributed by atoms with Crippen molar-refractivity contribution in [2.45, 2.75) is 71.1 Å². The van der Waals surface area contributed by atoms with Gasteiger partial charge in [0.1, 0.15) is 0 Å². The molecule has 0 saturated carbocycles. The summed E-state index contributed by atoms with van der Waals surface area (Å²) < 4.78 is 0. The van der Waals surface area contributed by atoms with E-state index in [0.717, 1.165) is 19.3 Å². The molecule has 0 amide bonds. The van der Waals surface area contributed by atoms with Crippen molar-refractivity contribution in [1.82, 2.24) is 0 Å². The van der Waals surface area contributed by atoms with Gasteiger partial charge in [-0.15, -0.1) is 0 Å². The zero-order valence-corrected chi connectivity index (χ0v) is 12.5. The van der Waals surface area contributed by atoms with Gasteiger partial charge in [0.05, 0.1) is 12.3 Å². The van der Waals surface area contributed by atoms with Crippen molar-refractivity contribution in [2.75, 3.05) is 0 Å². The second-order valence-corrected chi connectivity index (χ2v) is 5.23. The number of hydrogen-bond donors (Lipinski definition) is 2. The Morgan fingerprint density at radius 2 is 1.50 bits per heavy atom. The Bertz CT molecular complexity index is 297. The van der Waals surface area contributed by atoms with Gasteiger partial charge in [-0.25, -0.2) is 0 Å². The molecule has 4 heteroatoms. The first-order chi connectivity index (χ1) is 9.57. The molecule has 0 aliphatic rings. The topological polar surface area (TPSA) is 74.6 Å². The van der Waals surface area contributed by atoms with Crippen LogP contribution in [0.2, 0.25) is 0 Å². The minimum absolute atomic E-state index is 0.344. The molecule has 4 nitrogen and oxygen atoms in total. The number of carboxylic acids is 2. The number of allylic oxidation sites excluding steroid dienone is 1. The van der Waals surface area contributed by atoms with Crippen LogP contribution in [-0.2, 0) is 9.59 Å². The summed E-state index contributed by atoms with van der Waals surface area (Å²) in [6.45, 7) is 2.21. The number of rotatable bonds is 13. The molecule has 2 N–H and O–H groups in total. The van der Waals surface area contributed by atoms with Crippen LogP contribution >= 0.6 is 0 Å². The highest BCUT2D eigenvalue weighted by atomic mass is 16.4. The third kappa shape index (κ3) is 11.8. The van der Waals surface area contributed by atoms with Gasteiger partial charge in [0.2, 0.25) is 0 Å². The molecule has 0 spiro atoms. The fourth-order valence-corrected chi connectivity index (χ4v) is 2.08. The van der Waals surface area contributed by atoms with Crippen LogP contribution in [0.4, 0.5) is 0 Å². The predicted molar refractivity (Wildman–Crippen MR) is 79.7 cm³/mol. The van der Waals surface area contributed by atoms with E-state index in [9.17, 15) is 9.59 Å². The van der Waals surface area contributed by atoms with Gasteiger partial charge in [0.25, 0.3) is 0 Å². The average molecular weight is 284 g/mol. The van der Waals surface area contributed by atoms with Gasteiger partial charge in [-0.3, -0.25) is 9.59 Å². The van der Waals surface area contributed by atoms with E-state index in [1.165, 1.54) is 44.6 Å². The first-order valence-corrected chi connectivity index (χ1v) is 7.69. The summed E-state index contributed by atoms with van der Waals surface area (Å²) in [5.41, 5.74) is 0. The van der Waals surface area contributed by atoms with E-state index in [-0.39, 0.29) is 6.42 Å². The molecule has 0 aliphatic heterocycles. The van der Waals surface area contributed by atoms with E-state index in [1.807, 2.05) is 0 Å². The second-order valence-electron chi connectivity index (χ2n) is 5.23. The van der Waals surface area contributed by atoms with E-state index in [2.05, 4.69) is 6.92 Å². The van der Waals surface area contributed by atoms with E-state index in [0.29, 0.717) is 0 Å². The maximum atomic E-state index is 10.8. The lowest BCUT2D eigenvalue weighted by atomic mass is 10.0. The van der Waals surface area contributed by atoms with Crippen LogP contribution in [0.15, 0.2) is 12.2 Å². The number of carboxylic acid groups (broad SMARTS) is 2. The predicted octanol–water partition coefficient (Wildman–Crippen LogP) is 4.25. The van der Waals surface area contributed by atoms with Gasteiger partial charge < -0.3 is 10.2 Å². The molecular formula is C16H28O4. The van der Waals surface area contributed by atoms with Crippen molar-refractivity contribution in [2.24, 2.45) is 5.92 Å². The fourth-order valence-electron chi connectivity index (χ4n) is 2.08. The van der Waals surface area contributed by atoms with Crippen molar-refractivity contribution >= 4 is 11.9 Å². The van der Waals surface area contributed by atoms with Gasteiger partial charge in [0, 0.05) is 0 Å². The lowest BCUT2D eigenvalue weighted by molar-refractivity contribution is -0.146. The molecule has 116 valence electrons. The zero-order chi connectivity index (χ0) is 15.2. The molecule has 20 heavy (non-hydrogen) atoms. The van der Waals surface area contributed by atoms with E-state index in [4.69, 9.17) is 10.2 Å². The van der Waals surface area contributed by atoms with Gasteiger partial charge in [0.15, 0.2) is 0 Å². The van der Waals surface area contributed by atoms with Crippen molar-refractivity contribution < 1.29 is 19.8 Å². The van der Waals surface area contributed by atoms with Crippen LogP contribution < -0.4 is 0 Å². The maximum absolute atomic E-state index is 10.8. The van der Waals surface area contributed by atoms with Gasteiger partial charge >= 0.3 is 11.9 Å². The van der Waals surface area contributed by atoms with E-state index >= 15 is 0 Å². The average Bonchev–Trinajstić information content (AvgIpc) is 2.39. The minimum atomic E-state index is -1.07. The molecule has 0 aromatic rings. The highest BCUT2D eigenvalue weighted by Gasteiger charge is 2.17. The molecular weight excluding hydrogens is 256 g/mol. The van der Waals surface area contributed by atoms with Gasteiger partial charge in [-0.1, -0.05) is 64.0 Å². The Morgan fingerprint density at radius 1 is 0.950 bits per heavy atom. The lowest BCUT2D eigenvalue weighted by Crippen LogP contribution is -2.15.